The van der Waals surface area contributed by atoms with Crippen LogP contribution in [0.5, 0.6) is 0 Å². The van der Waals surface area contributed by atoms with Crippen molar-refractivity contribution in [3.8, 4) is 6.07 Å². The highest BCUT2D eigenvalue weighted by Crippen LogP contribution is 2.15. The molecule has 0 aliphatic heterocycles. The van der Waals surface area contributed by atoms with E-state index in [1.165, 1.54) is 0 Å². The quantitative estimate of drug-likeness (QED) is 0.850. The lowest BCUT2D eigenvalue weighted by atomic mass is 10.1. The van der Waals surface area contributed by atoms with E-state index in [1.807, 2.05) is 26.8 Å². The molecule has 0 aliphatic rings. The summed E-state index contributed by atoms with van der Waals surface area (Å²) in [6.07, 6.45) is 3.03. The van der Waals surface area contributed by atoms with Crippen molar-refractivity contribution in [3.63, 3.8) is 0 Å². The molecule has 0 fully saturated rings. The monoisotopic (exact) mass is 234 g/mol. The molecule has 0 saturated heterocycles. The van der Waals surface area contributed by atoms with Crippen LogP contribution >= 0.6 is 0 Å². The van der Waals surface area contributed by atoms with Crippen molar-refractivity contribution in [2.75, 3.05) is 5.32 Å². The summed E-state index contributed by atoms with van der Waals surface area (Å²) in [5.41, 5.74) is 0. The zero-order valence-electron chi connectivity index (χ0n) is 10.5. The van der Waals surface area contributed by atoms with Gasteiger partial charge in [-0.05, 0) is 20.3 Å². The molecule has 5 nitrogen and oxygen atoms in total. The summed E-state index contributed by atoms with van der Waals surface area (Å²) in [5.74, 6) is -0.200. The molecule has 1 unspecified atom stereocenters. The van der Waals surface area contributed by atoms with E-state index < -0.39 is 5.92 Å². The Morgan fingerprint density at radius 3 is 2.88 bits per heavy atom. The Morgan fingerprint density at radius 2 is 2.35 bits per heavy atom. The Hall–Kier alpha value is -1.83. The third-order valence-corrected chi connectivity index (χ3v) is 2.46. The average Bonchev–Trinajstić information content (AvgIpc) is 2.73. The van der Waals surface area contributed by atoms with E-state index in [4.69, 9.17) is 5.26 Å². The Labute approximate surface area is 101 Å². The van der Waals surface area contributed by atoms with E-state index in [-0.39, 0.29) is 11.9 Å². The fraction of sp³-hybridized carbons (Fsp3) is 0.583. The first-order valence-corrected chi connectivity index (χ1v) is 5.84. The number of nitrogens with one attached hydrogen (secondary N) is 1. The maximum Gasteiger partial charge on any atom is 0.242 e. The van der Waals surface area contributed by atoms with Gasteiger partial charge in [0.05, 0.1) is 12.3 Å². The Morgan fingerprint density at radius 1 is 1.65 bits per heavy atom. The van der Waals surface area contributed by atoms with Crippen LogP contribution in [0.15, 0.2) is 12.3 Å². The fourth-order valence-corrected chi connectivity index (χ4v) is 1.58. The normalized spacial score (nSPS) is 12.2. The second kappa shape index (κ2) is 6.04. The number of hydrogen-bond donors (Lipinski definition) is 1. The van der Waals surface area contributed by atoms with Crippen molar-refractivity contribution in [2.24, 2.45) is 5.92 Å². The lowest BCUT2D eigenvalue weighted by molar-refractivity contribution is -0.118. The van der Waals surface area contributed by atoms with E-state index in [1.54, 1.807) is 16.9 Å². The molecule has 0 aliphatic carbocycles. The molecule has 0 spiro atoms. The van der Waals surface area contributed by atoms with Crippen LogP contribution in [-0.2, 0) is 4.79 Å². The maximum absolute atomic E-state index is 11.8. The maximum atomic E-state index is 11.8. The van der Waals surface area contributed by atoms with Gasteiger partial charge in [0.2, 0.25) is 5.91 Å². The van der Waals surface area contributed by atoms with Crippen LogP contribution in [0.25, 0.3) is 0 Å². The Kier molecular flexibility index (Phi) is 4.70. The second-order valence-corrected chi connectivity index (χ2v) is 4.21. The van der Waals surface area contributed by atoms with E-state index in [2.05, 4.69) is 10.4 Å². The lowest BCUT2D eigenvalue weighted by Gasteiger charge is -2.13. The zero-order valence-corrected chi connectivity index (χ0v) is 10.5. The predicted molar refractivity (Wildman–Crippen MR) is 65.3 cm³/mol. The zero-order chi connectivity index (χ0) is 12.8. The largest absolute Gasteiger partial charge is 0.310 e. The minimum atomic E-state index is -0.587. The van der Waals surface area contributed by atoms with Crippen molar-refractivity contribution >= 4 is 11.7 Å². The minimum Gasteiger partial charge on any atom is -0.310 e. The molecule has 0 bridgehead atoms. The molecule has 0 aromatic carbocycles. The number of rotatable bonds is 5. The van der Waals surface area contributed by atoms with Crippen molar-refractivity contribution in [3.05, 3.63) is 12.3 Å². The number of nitriles is 1. The first-order chi connectivity index (χ1) is 8.10. The molecule has 17 heavy (non-hydrogen) atoms. The molecule has 1 rings (SSSR count). The highest BCUT2D eigenvalue weighted by molar-refractivity contribution is 5.93. The number of amides is 1. The first-order valence-electron chi connectivity index (χ1n) is 5.84. The van der Waals surface area contributed by atoms with Crippen molar-refractivity contribution in [2.45, 2.75) is 39.7 Å². The third kappa shape index (κ3) is 3.31. The third-order valence-electron chi connectivity index (χ3n) is 2.46. The predicted octanol–water partition coefficient (Wildman–Crippen LogP) is 2.34. The summed E-state index contributed by atoms with van der Waals surface area (Å²) in [4.78, 5) is 11.8. The number of anilines is 1. The lowest BCUT2D eigenvalue weighted by Crippen LogP contribution is -2.23. The fourth-order valence-electron chi connectivity index (χ4n) is 1.58. The summed E-state index contributed by atoms with van der Waals surface area (Å²) in [5, 5.41) is 15.8. The number of carbonyl (C=O) groups excluding carboxylic acids is 1. The summed E-state index contributed by atoms with van der Waals surface area (Å²) in [7, 11) is 0. The van der Waals surface area contributed by atoms with Gasteiger partial charge in [0.25, 0.3) is 0 Å². The van der Waals surface area contributed by atoms with Gasteiger partial charge in [-0.1, -0.05) is 13.3 Å². The van der Waals surface area contributed by atoms with Gasteiger partial charge in [0, 0.05) is 12.1 Å². The van der Waals surface area contributed by atoms with Gasteiger partial charge in [0.15, 0.2) is 0 Å². The molecule has 92 valence electrons. The van der Waals surface area contributed by atoms with E-state index >= 15 is 0 Å². The number of carbonyl (C=O) groups is 1. The molecule has 1 heterocycles. The molecule has 1 aromatic heterocycles. The van der Waals surface area contributed by atoms with E-state index in [0.717, 1.165) is 6.42 Å². The van der Waals surface area contributed by atoms with Gasteiger partial charge >= 0.3 is 0 Å². The number of nitrogens with zero attached hydrogens (tertiary/aromatic N) is 3. The minimum absolute atomic E-state index is 0.173. The average molecular weight is 234 g/mol. The molecule has 0 radical (unpaired) electrons. The summed E-state index contributed by atoms with van der Waals surface area (Å²) >= 11 is 0. The Bertz CT molecular complexity index is 416. The molecule has 5 heteroatoms. The standard InChI is InChI=1S/C12H18N4O/c1-4-5-10(8-13)12(17)15-11-6-7-14-16(11)9(2)3/h6-7,9-10H,4-5H2,1-3H3,(H,15,17). The van der Waals surface area contributed by atoms with Gasteiger partial charge in [-0.25, -0.2) is 4.68 Å². The van der Waals surface area contributed by atoms with Crippen molar-refractivity contribution in [1.82, 2.24) is 9.78 Å². The smallest absolute Gasteiger partial charge is 0.242 e. The molecular formula is C12H18N4O. The second-order valence-electron chi connectivity index (χ2n) is 4.21. The molecule has 1 N–H and O–H groups in total. The molecule has 1 amide bonds. The number of aromatic nitrogens is 2. The molecule has 1 aromatic rings. The van der Waals surface area contributed by atoms with Gasteiger partial charge in [-0.3, -0.25) is 4.79 Å². The van der Waals surface area contributed by atoms with Crippen LogP contribution in [0.3, 0.4) is 0 Å². The van der Waals surface area contributed by atoms with Crippen LogP contribution in [0, 0.1) is 17.2 Å². The Balaban J connectivity index is 2.74. The van der Waals surface area contributed by atoms with Crippen LogP contribution in [-0.4, -0.2) is 15.7 Å². The highest BCUT2D eigenvalue weighted by Gasteiger charge is 2.18. The molecule has 0 saturated carbocycles. The summed E-state index contributed by atoms with van der Waals surface area (Å²) in [6, 6.07) is 3.93. The number of hydrogen-bond acceptors (Lipinski definition) is 3. The topological polar surface area (TPSA) is 70.7 Å². The molecule has 1 atom stereocenters. The van der Waals surface area contributed by atoms with Gasteiger partial charge < -0.3 is 5.32 Å². The first kappa shape index (κ1) is 13.2. The van der Waals surface area contributed by atoms with Crippen LogP contribution < -0.4 is 5.32 Å². The van der Waals surface area contributed by atoms with Crippen molar-refractivity contribution in [1.29, 1.82) is 5.26 Å². The molecular weight excluding hydrogens is 216 g/mol. The van der Waals surface area contributed by atoms with Crippen LogP contribution in [0.4, 0.5) is 5.82 Å². The van der Waals surface area contributed by atoms with Gasteiger partial charge in [-0.2, -0.15) is 10.4 Å². The van der Waals surface area contributed by atoms with Gasteiger partial charge in [0.1, 0.15) is 11.7 Å². The summed E-state index contributed by atoms with van der Waals surface area (Å²) < 4.78 is 1.72. The van der Waals surface area contributed by atoms with E-state index in [9.17, 15) is 4.79 Å². The highest BCUT2D eigenvalue weighted by atomic mass is 16.2. The van der Waals surface area contributed by atoms with Crippen LogP contribution in [0.1, 0.15) is 39.7 Å². The van der Waals surface area contributed by atoms with E-state index in [0.29, 0.717) is 12.2 Å². The van der Waals surface area contributed by atoms with Gasteiger partial charge in [-0.15, -0.1) is 0 Å². The van der Waals surface area contributed by atoms with Crippen molar-refractivity contribution < 1.29 is 4.79 Å². The SMILES string of the molecule is CCCC(C#N)C(=O)Nc1ccnn1C(C)C. The van der Waals surface area contributed by atoms with Crippen LogP contribution in [0.2, 0.25) is 0 Å². The summed E-state index contributed by atoms with van der Waals surface area (Å²) in [6.45, 7) is 5.92.